The van der Waals surface area contributed by atoms with Crippen LogP contribution < -0.4 is 0 Å². The van der Waals surface area contributed by atoms with Crippen LogP contribution in [0.25, 0.3) is 0 Å². The van der Waals surface area contributed by atoms with E-state index in [0.29, 0.717) is 39.6 Å². The van der Waals surface area contributed by atoms with Gasteiger partial charge in [0.15, 0.2) is 0 Å². The van der Waals surface area contributed by atoms with Gasteiger partial charge in [-0.15, -0.1) is 0 Å². The summed E-state index contributed by atoms with van der Waals surface area (Å²) in [6.45, 7) is 14.5. The van der Waals surface area contributed by atoms with Gasteiger partial charge in [-0.05, 0) is 0 Å². The molecule has 0 spiro atoms. The van der Waals surface area contributed by atoms with Crippen LogP contribution in [0.3, 0.4) is 0 Å². The van der Waals surface area contributed by atoms with Gasteiger partial charge >= 0.3 is 155 Å². The second kappa shape index (κ2) is 11.9. The van der Waals surface area contributed by atoms with E-state index in [1.807, 2.05) is 41.5 Å². The average molecular weight is 433 g/mol. The second-order valence-corrected chi connectivity index (χ2v) is 13.2. The molecule has 0 rings (SSSR count). The van der Waals surface area contributed by atoms with Crippen molar-refractivity contribution in [1.29, 1.82) is 0 Å². The molecule has 0 aromatic carbocycles. The van der Waals surface area contributed by atoms with Crippen LogP contribution >= 0.6 is 0 Å². The summed E-state index contributed by atoms with van der Waals surface area (Å²) in [5.41, 5.74) is 0. The topological polar surface area (TPSA) is 55.4 Å². The van der Waals surface area contributed by atoms with Gasteiger partial charge < -0.3 is 0 Å². The summed E-state index contributed by atoms with van der Waals surface area (Å²) in [7, 11) is 0. The zero-order valence-electron chi connectivity index (χ0n) is 17.3. The maximum absolute atomic E-state index is 6.32. The molecule has 6 nitrogen and oxygen atoms in total. The Balaban J connectivity index is 6.28. The van der Waals surface area contributed by atoms with Crippen molar-refractivity contribution in [2.45, 2.75) is 80.1 Å². The Morgan fingerprint density at radius 1 is 0.360 bits per heavy atom. The van der Waals surface area contributed by atoms with Crippen LogP contribution in [0, 0.1) is 0 Å². The van der Waals surface area contributed by atoms with E-state index in [-0.39, 0.29) is 0 Å². The van der Waals surface area contributed by atoms with Crippen LogP contribution in [0.2, 0.25) is 0 Å². The summed E-state index contributed by atoms with van der Waals surface area (Å²) in [4.78, 5) is 0. The third kappa shape index (κ3) is 6.74. The van der Waals surface area contributed by atoms with Crippen molar-refractivity contribution >= 4 is 12.7 Å². The Kier molecular flexibility index (Phi) is 12.0. The van der Waals surface area contributed by atoms with E-state index in [4.69, 9.17) is 22.9 Å². The quantitative estimate of drug-likeness (QED) is 0.287. The van der Waals surface area contributed by atoms with Gasteiger partial charge in [0.1, 0.15) is 0 Å². The van der Waals surface area contributed by atoms with Crippen LogP contribution in [-0.2, 0) is 22.9 Å². The Morgan fingerprint density at radius 2 is 0.520 bits per heavy atom. The first-order valence-electron chi connectivity index (χ1n) is 9.97. The Labute approximate surface area is 155 Å². The number of hydrogen-bond donors (Lipinski definition) is 0. The molecule has 156 valence electrons. The summed E-state index contributed by atoms with van der Waals surface area (Å²) >= 11 is -5.72. The monoisotopic (exact) mass is 434 g/mol. The molecule has 0 radical (unpaired) electrons. The second-order valence-electron chi connectivity index (χ2n) is 5.95. The maximum atomic E-state index is 6.32. The Morgan fingerprint density at radius 3 is 0.640 bits per heavy atom. The molecule has 0 heterocycles. The van der Waals surface area contributed by atoms with Gasteiger partial charge in [-0.1, -0.05) is 0 Å². The van der Waals surface area contributed by atoms with Crippen molar-refractivity contribution in [2.75, 3.05) is 39.6 Å². The zero-order valence-corrected chi connectivity index (χ0v) is 19.1. The first kappa shape index (κ1) is 25.3. The third-order valence-corrected chi connectivity index (χ3v) is 11.3. The Hall–Kier alpha value is 0.279. The molecule has 7 heteroatoms. The first-order chi connectivity index (χ1) is 12.0. The third-order valence-electron chi connectivity index (χ3n) is 3.17. The van der Waals surface area contributed by atoms with Gasteiger partial charge in [0.05, 0.1) is 0 Å². The van der Waals surface area contributed by atoms with Crippen molar-refractivity contribution in [3.63, 3.8) is 0 Å². The van der Waals surface area contributed by atoms with Crippen molar-refractivity contribution in [3.05, 3.63) is 0 Å². The van der Waals surface area contributed by atoms with Gasteiger partial charge in [-0.2, -0.15) is 0 Å². The molecule has 0 N–H and O–H groups in total. The predicted molar refractivity (Wildman–Crippen MR) is 103 cm³/mol. The van der Waals surface area contributed by atoms with E-state index >= 15 is 0 Å². The van der Waals surface area contributed by atoms with E-state index in [9.17, 15) is 0 Å². The molecule has 0 aliphatic carbocycles. The molecule has 0 fully saturated rings. The summed E-state index contributed by atoms with van der Waals surface area (Å²) < 4.78 is 37.9. The normalized spacial score (nSPS) is 15.1. The molecule has 0 atom stereocenters. The summed E-state index contributed by atoms with van der Waals surface area (Å²) in [5, 5.41) is 0. The van der Waals surface area contributed by atoms with Crippen LogP contribution in [0.5, 0.6) is 0 Å². The van der Waals surface area contributed by atoms with Crippen LogP contribution in [0.15, 0.2) is 0 Å². The molecule has 0 aromatic heterocycles. The molecule has 0 amide bonds. The van der Waals surface area contributed by atoms with E-state index in [2.05, 4.69) is 0 Å². The number of rotatable bonds is 18. The molecule has 0 unspecified atom stereocenters. The fourth-order valence-electron chi connectivity index (χ4n) is 2.03. The molecule has 0 aliphatic rings. The molecule has 25 heavy (non-hydrogen) atoms. The molecule has 0 aromatic rings. The van der Waals surface area contributed by atoms with Crippen molar-refractivity contribution in [3.8, 4) is 0 Å². The van der Waals surface area contributed by atoms with E-state index < -0.39 is 12.7 Å². The fourth-order valence-corrected chi connectivity index (χ4v) is 10.6. The van der Waals surface area contributed by atoms with E-state index in [0.717, 1.165) is 38.5 Å². The average Bonchev–Trinajstić information content (AvgIpc) is 2.66. The SMILES string of the molecule is CCCO[Se](OCCC)(OCCC)(OCCC)(OCCC)OCCC. The van der Waals surface area contributed by atoms with E-state index in [1.54, 1.807) is 0 Å². The molecule has 0 saturated carbocycles. The van der Waals surface area contributed by atoms with Gasteiger partial charge in [-0.3, -0.25) is 0 Å². The Bertz CT molecular complexity index is 253. The van der Waals surface area contributed by atoms with Crippen molar-refractivity contribution in [1.82, 2.24) is 0 Å². The van der Waals surface area contributed by atoms with Gasteiger partial charge in [0.25, 0.3) is 0 Å². The van der Waals surface area contributed by atoms with Crippen LogP contribution in [0.4, 0.5) is 0 Å². The van der Waals surface area contributed by atoms with Gasteiger partial charge in [0.2, 0.25) is 0 Å². The van der Waals surface area contributed by atoms with Crippen molar-refractivity contribution < 1.29 is 22.9 Å². The zero-order chi connectivity index (χ0) is 19.1. The molecular formula is C18H42O6Se. The van der Waals surface area contributed by atoms with E-state index in [1.165, 1.54) is 0 Å². The van der Waals surface area contributed by atoms with Crippen LogP contribution in [0.1, 0.15) is 80.1 Å². The standard InChI is InChI=1S/C18H42O6Se/c1-7-13-19-25(20-14-8-2,21-15-9-3,22-16-10-4,23-17-11-5)24-18-12-6/h7-18H2,1-6H3. The van der Waals surface area contributed by atoms with Crippen molar-refractivity contribution in [2.24, 2.45) is 0 Å². The molecule has 0 bridgehead atoms. The van der Waals surface area contributed by atoms with Gasteiger partial charge in [0, 0.05) is 0 Å². The minimum absolute atomic E-state index is 0.389. The predicted octanol–water partition coefficient (Wildman–Crippen LogP) is 4.88. The fraction of sp³-hybridized carbons (Fsp3) is 1.00. The van der Waals surface area contributed by atoms with Gasteiger partial charge in [-0.25, -0.2) is 0 Å². The van der Waals surface area contributed by atoms with Crippen LogP contribution in [-0.4, -0.2) is 52.4 Å². The summed E-state index contributed by atoms with van der Waals surface area (Å²) in [6, 6.07) is 0. The molecular weight excluding hydrogens is 391 g/mol. The first-order valence-corrected chi connectivity index (χ1v) is 14.2. The molecule has 0 saturated heterocycles. The molecule has 0 aliphatic heterocycles. The number of hydrogen-bond acceptors (Lipinski definition) is 6. The minimum atomic E-state index is -5.72. The summed E-state index contributed by atoms with van der Waals surface area (Å²) in [6.07, 6.45) is 4.69. The summed E-state index contributed by atoms with van der Waals surface area (Å²) in [5.74, 6) is 0.